The van der Waals surface area contributed by atoms with Gasteiger partial charge in [0.2, 0.25) is 0 Å². The van der Waals surface area contributed by atoms with Crippen molar-refractivity contribution in [3.8, 4) is 0 Å². The number of nitrogens with one attached hydrogen (secondary N) is 2. The summed E-state index contributed by atoms with van der Waals surface area (Å²) >= 11 is 0. The number of nitrogens with zero attached hydrogens (tertiary/aromatic N) is 4. The lowest BCUT2D eigenvalue weighted by atomic mass is 9.89. The van der Waals surface area contributed by atoms with Gasteiger partial charge in [-0.2, -0.15) is 5.10 Å². The molecule has 28 heavy (non-hydrogen) atoms. The molecule has 4 heterocycles. The largest absolute Gasteiger partial charge is 0.381 e. The molecule has 0 spiro atoms. The highest BCUT2D eigenvalue weighted by Crippen LogP contribution is 2.34. The van der Waals surface area contributed by atoms with Crippen LogP contribution in [0.1, 0.15) is 50.0 Å². The molecule has 2 N–H and O–H groups in total. The standard InChI is InChI=1S/C21H32N6O/c1-3-18(26-11-8-22-9-12-26)4-2-17(1)25-21-20-19(16-6-13-28-14-7-16)5-10-27(20)24-15-23-21/h5,10,15-18,22H,1-4,6-9,11-14H2,(H,23,24,25). The lowest BCUT2D eigenvalue weighted by Gasteiger charge is -2.39. The van der Waals surface area contributed by atoms with Gasteiger partial charge in [0.05, 0.1) is 0 Å². The SMILES string of the molecule is c1nc(NC2CCC(N3CCNCC3)CC2)c2c(C3CCOCC3)ccn2n1. The summed E-state index contributed by atoms with van der Waals surface area (Å²) in [6.07, 6.45) is 10.9. The van der Waals surface area contributed by atoms with Crippen LogP contribution >= 0.6 is 0 Å². The molecule has 0 radical (unpaired) electrons. The molecule has 152 valence electrons. The van der Waals surface area contributed by atoms with Crippen molar-refractivity contribution in [2.24, 2.45) is 0 Å². The van der Waals surface area contributed by atoms with Crippen molar-refractivity contribution >= 4 is 11.3 Å². The molecule has 1 aliphatic carbocycles. The number of hydrogen-bond donors (Lipinski definition) is 2. The van der Waals surface area contributed by atoms with Crippen molar-refractivity contribution < 1.29 is 4.74 Å². The predicted molar refractivity (Wildman–Crippen MR) is 110 cm³/mol. The zero-order valence-electron chi connectivity index (χ0n) is 16.6. The van der Waals surface area contributed by atoms with Crippen molar-refractivity contribution in [2.75, 3.05) is 44.7 Å². The van der Waals surface area contributed by atoms with E-state index >= 15 is 0 Å². The van der Waals surface area contributed by atoms with Crippen LogP contribution in [0, 0.1) is 0 Å². The third-order valence-corrected chi connectivity index (χ3v) is 6.85. The van der Waals surface area contributed by atoms with Gasteiger partial charge in [0.15, 0.2) is 5.82 Å². The van der Waals surface area contributed by atoms with E-state index in [1.807, 2.05) is 4.52 Å². The van der Waals surface area contributed by atoms with Crippen LogP contribution in [0.25, 0.3) is 5.52 Å². The van der Waals surface area contributed by atoms with E-state index in [1.54, 1.807) is 6.33 Å². The average Bonchev–Trinajstić information content (AvgIpc) is 3.21. The summed E-state index contributed by atoms with van der Waals surface area (Å²) in [5.74, 6) is 1.56. The van der Waals surface area contributed by atoms with Gasteiger partial charge >= 0.3 is 0 Å². The highest BCUT2D eigenvalue weighted by atomic mass is 16.5. The summed E-state index contributed by atoms with van der Waals surface area (Å²) in [6, 6.07) is 3.50. The van der Waals surface area contributed by atoms with E-state index in [-0.39, 0.29) is 0 Å². The van der Waals surface area contributed by atoms with Crippen LogP contribution in [0.4, 0.5) is 5.82 Å². The minimum atomic E-state index is 0.510. The highest BCUT2D eigenvalue weighted by molar-refractivity contribution is 5.73. The first-order valence-corrected chi connectivity index (χ1v) is 11.0. The van der Waals surface area contributed by atoms with Gasteiger partial charge in [-0.1, -0.05) is 0 Å². The van der Waals surface area contributed by atoms with Gasteiger partial charge in [-0.05, 0) is 56.1 Å². The number of hydrogen-bond acceptors (Lipinski definition) is 6. The molecule has 1 saturated carbocycles. The van der Waals surface area contributed by atoms with Crippen LogP contribution in [0.3, 0.4) is 0 Å². The predicted octanol–water partition coefficient (Wildman–Crippen LogP) is 2.25. The molecule has 0 unspecified atom stereocenters. The Kier molecular flexibility index (Phi) is 5.47. The number of fused-ring (bicyclic) bond motifs is 1. The molecule has 7 nitrogen and oxygen atoms in total. The van der Waals surface area contributed by atoms with Crippen LogP contribution in [0.15, 0.2) is 18.6 Å². The first-order chi connectivity index (χ1) is 13.9. The molecule has 3 aliphatic rings. The van der Waals surface area contributed by atoms with Gasteiger partial charge in [-0.25, -0.2) is 9.50 Å². The molecule has 0 atom stereocenters. The molecule has 0 amide bonds. The number of aromatic nitrogens is 3. The van der Waals surface area contributed by atoms with E-state index in [0.29, 0.717) is 12.0 Å². The molecule has 5 rings (SSSR count). The Morgan fingerprint density at radius 1 is 1.04 bits per heavy atom. The van der Waals surface area contributed by atoms with Crippen LogP contribution in [-0.4, -0.2) is 71.0 Å². The molecule has 2 aromatic rings. The Labute approximate surface area is 166 Å². The molecule has 3 fully saturated rings. The topological polar surface area (TPSA) is 66.7 Å². The van der Waals surface area contributed by atoms with E-state index in [2.05, 4.69) is 37.9 Å². The normalized spacial score (nSPS) is 27.9. The number of rotatable bonds is 4. The van der Waals surface area contributed by atoms with E-state index in [9.17, 15) is 0 Å². The maximum Gasteiger partial charge on any atom is 0.154 e. The molecular weight excluding hydrogens is 352 g/mol. The molecule has 2 aromatic heterocycles. The summed E-state index contributed by atoms with van der Waals surface area (Å²) in [5.41, 5.74) is 2.54. The van der Waals surface area contributed by atoms with Crippen LogP contribution in [0.5, 0.6) is 0 Å². The van der Waals surface area contributed by atoms with E-state index in [0.717, 1.165) is 51.0 Å². The minimum Gasteiger partial charge on any atom is -0.381 e. The van der Waals surface area contributed by atoms with Crippen LogP contribution < -0.4 is 10.6 Å². The van der Waals surface area contributed by atoms with Crippen molar-refractivity contribution in [3.05, 3.63) is 24.2 Å². The second kappa shape index (κ2) is 8.35. The summed E-state index contributed by atoms with van der Waals surface area (Å²) in [5, 5.41) is 11.7. The summed E-state index contributed by atoms with van der Waals surface area (Å²) < 4.78 is 7.55. The van der Waals surface area contributed by atoms with Gasteiger partial charge in [0.1, 0.15) is 11.8 Å². The van der Waals surface area contributed by atoms with E-state index in [4.69, 9.17) is 4.74 Å². The maximum absolute atomic E-state index is 5.56. The molecule has 2 saturated heterocycles. The van der Waals surface area contributed by atoms with E-state index < -0.39 is 0 Å². The Morgan fingerprint density at radius 2 is 1.82 bits per heavy atom. The fourth-order valence-electron chi connectivity index (χ4n) is 5.25. The summed E-state index contributed by atoms with van der Waals surface area (Å²) in [7, 11) is 0. The van der Waals surface area contributed by atoms with Crippen LogP contribution in [-0.2, 0) is 4.74 Å². The van der Waals surface area contributed by atoms with Crippen molar-refractivity contribution in [2.45, 2.75) is 56.5 Å². The lowest BCUT2D eigenvalue weighted by molar-refractivity contribution is 0.0856. The first kappa shape index (κ1) is 18.3. The summed E-state index contributed by atoms with van der Waals surface area (Å²) in [6.45, 7) is 6.39. The van der Waals surface area contributed by atoms with Gasteiger partial charge in [-0.15, -0.1) is 0 Å². The van der Waals surface area contributed by atoms with E-state index in [1.165, 1.54) is 49.9 Å². The number of ether oxygens (including phenoxy) is 1. The Hall–Kier alpha value is -1.70. The van der Waals surface area contributed by atoms with Gasteiger partial charge in [0, 0.05) is 57.7 Å². The third kappa shape index (κ3) is 3.75. The van der Waals surface area contributed by atoms with Gasteiger partial charge in [-0.3, -0.25) is 4.90 Å². The Balaban J connectivity index is 1.28. The Morgan fingerprint density at radius 3 is 2.61 bits per heavy atom. The molecule has 7 heteroatoms. The second-order valence-corrected chi connectivity index (χ2v) is 8.50. The van der Waals surface area contributed by atoms with Crippen molar-refractivity contribution in [1.82, 2.24) is 24.8 Å². The fraction of sp³-hybridized carbons (Fsp3) is 0.714. The minimum absolute atomic E-state index is 0.510. The average molecular weight is 385 g/mol. The summed E-state index contributed by atoms with van der Waals surface area (Å²) in [4.78, 5) is 7.33. The van der Waals surface area contributed by atoms with Crippen molar-refractivity contribution in [1.29, 1.82) is 0 Å². The number of piperazine rings is 1. The first-order valence-electron chi connectivity index (χ1n) is 11.0. The smallest absolute Gasteiger partial charge is 0.154 e. The van der Waals surface area contributed by atoms with Crippen LogP contribution in [0.2, 0.25) is 0 Å². The molecule has 0 bridgehead atoms. The lowest BCUT2D eigenvalue weighted by Crippen LogP contribution is -2.50. The second-order valence-electron chi connectivity index (χ2n) is 8.50. The quantitative estimate of drug-likeness (QED) is 0.843. The maximum atomic E-state index is 5.56. The molecule has 2 aliphatic heterocycles. The van der Waals surface area contributed by atoms with Crippen molar-refractivity contribution in [3.63, 3.8) is 0 Å². The third-order valence-electron chi connectivity index (χ3n) is 6.85. The van der Waals surface area contributed by atoms with Gasteiger partial charge in [0.25, 0.3) is 0 Å². The molecule has 0 aromatic carbocycles. The highest BCUT2D eigenvalue weighted by Gasteiger charge is 2.28. The Bertz CT molecular complexity index is 772. The monoisotopic (exact) mass is 384 g/mol. The van der Waals surface area contributed by atoms with Gasteiger partial charge < -0.3 is 15.4 Å². The fourth-order valence-corrected chi connectivity index (χ4v) is 5.25. The molecular formula is C21H32N6O. The zero-order valence-corrected chi connectivity index (χ0v) is 16.6. The number of anilines is 1. The zero-order chi connectivity index (χ0) is 18.8.